The van der Waals surface area contributed by atoms with Crippen molar-refractivity contribution in [3.8, 4) is 22.0 Å². The monoisotopic (exact) mass is 504 g/mol. The molecule has 0 saturated heterocycles. The van der Waals surface area contributed by atoms with Gasteiger partial charge in [0.1, 0.15) is 11.9 Å². The number of methoxy groups -OCH3 is 1. The van der Waals surface area contributed by atoms with Crippen molar-refractivity contribution < 1.29 is 26.3 Å². The second kappa shape index (κ2) is 9.46. The Morgan fingerprint density at radius 1 is 0.844 bits per heavy atom. The average molecular weight is 505 g/mol. The number of fused-ring (bicyclic) bond motifs is 1. The van der Waals surface area contributed by atoms with Crippen LogP contribution in [0.4, 0.5) is 10.8 Å². The summed E-state index contributed by atoms with van der Waals surface area (Å²) in [5.74, 6) is 0. The summed E-state index contributed by atoms with van der Waals surface area (Å²) < 4.78 is 9.53. The Morgan fingerprint density at radius 3 is 2.19 bits per heavy atom. The highest BCUT2D eigenvalue weighted by Gasteiger charge is 2.22. The summed E-state index contributed by atoms with van der Waals surface area (Å²) in [6.45, 7) is 0. The Morgan fingerprint density at radius 2 is 1.50 bits per heavy atom. The van der Waals surface area contributed by atoms with Crippen LogP contribution in [0.15, 0.2) is 101 Å². The van der Waals surface area contributed by atoms with Crippen molar-refractivity contribution in [3.05, 3.63) is 91.1 Å². The molecule has 5 rings (SSSR count). The van der Waals surface area contributed by atoms with Crippen molar-refractivity contribution in [1.82, 2.24) is 4.57 Å². The Balaban J connectivity index is 0.00000245. The minimum Gasteiger partial charge on any atom is -1.00 e. The fourth-order valence-electron chi connectivity index (χ4n) is 3.71. The van der Waals surface area contributed by atoms with Gasteiger partial charge in [-0.3, -0.25) is 0 Å². The molecular formula is C25H21BrN4OS. The van der Waals surface area contributed by atoms with Crippen LogP contribution in [0.3, 0.4) is 0 Å². The van der Waals surface area contributed by atoms with Crippen molar-refractivity contribution in [2.24, 2.45) is 17.3 Å². The molecule has 0 aliphatic rings. The van der Waals surface area contributed by atoms with Gasteiger partial charge in [-0.05, 0) is 34.7 Å². The van der Waals surface area contributed by atoms with E-state index in [1.54, 1.807) is 7.11 Å². The average Bonchev–Trinajstić information content (AvgIpc) is 3.36. The van der Waals surface area contributed by atoms with E-state index >= 15 is 0 Å². The van der Waals surface area contributed by atoms with Crippen LogP contribution < -0.4 is 26.3 Å². The molecule has 5 aromatic rings. The normalized spacial score (nSPS) is 11.1. The number of aryl methyl sites for hydroxylation is 1. The number of azo groups is 1. The molecule has 0 amide bonds. The van der Waals surface area contributed by atoms with E-state index < -0.39 is 0 Å². The molecule has 0 aliphatic carbocycles. The van der Waals surface area contributed by atoms with E-state index in [2.05, 4.69) is 64.3 Å². The van der Waals surface area contributed by atoms with Gasteiger partial charge in [0.15, 0.2) is 0 Å². The first-order chi connectivity index (χ1) is 15.3. The van der Waals surface area contributed by atoms with Crippen LogP contribution in [0.5, 0.6) is 5.06 Å². The number of benzene rings is 3. The zero-order chi connectivity index (χ0) is 21.2. The number of rotatable bonds is 5. The molecular weight excluding hydrogens is 484 g/mol. The molecule has 3 aromatic carbocycles. The lowest BCUT2D eigenvalue weighted by Crippen LogP contribution is -3.00. The van der Waals surface area contributed by atoms with Crippen LogP contribution >= 0.6 is 11.3 Å². The molecule has 0 unspecified atom stereocenters. The summed E-state index contributed by atoms with van der Waals surface area (Å²) in [7, 11) is 3.60. The molecule has 0 aliphatic heterocycles. The number of thiazole rings is 1. The second-order valence-electron chi connectivity index (χ2n) is 7.10. The van der Waals surface area contributed by atoms with Gasteiger partial charge in [0.05, 0.1) is 30.5 Å². The van der Waals surface area contributed by atoms with Crippen molar-refractivity contribution in [1.29, 1.82) is 0 Å². The van der Waals surface area contributed by atoms with Crippen molar-refractivity contribution in [2.45, 2.75) is 0 Å². The molecule has 0 N–H and O–H groups in total. The maximum absolute atomic E-state index is 5.34. The zero-order valence-electron chi connectivity index (χ0n) is 17.6. The molecule has 32 heavy (non-hydrogen) atoms. The number of hydrogen-bond acceptors (Lipinski definition) is 4. The van der Waals surface area contributed by atoms with E-state index in [4.69, 9.17) is 9.85 Å². The molecule has 2 aromatic heterocycles. The van der Waals surface area contributed by atoms with Crippen molar-refractivity contribution in [2.75, 3.05) is 7.11 Å². The van der Waals surface area contributed by atoms with Gasteiger partial charge in [0, 0.05) is 16.6 Å². The Labute approximate surface area is 201 Å². The first-order valence-corrected chi connectivity index (χ1v) is 10.8. The van der Waals surface area contributed by atoms with Crippen LogP contribution in [-0.2, 0) is 7.05 Å². The molecule has 0 saturated carbocycles. The third-order valence-corrected chi connectivity index (χ3v) is 6.16. The van der Waals surface area contributed by atoms with Gasteiger partial charge in [-0.1, -0.05) is 66.7 Å². The number of hydrogen-bond donors (Lipinski definition) is 0. The summed E-state index contributed by atoms with van der Waals surface area (Å²) in [5, 5.41) is 12.0. The third kappa shape index (κ3) is 3.97. The molecule has 5 nitrogen and oxygen atoms in total. The standard InChI is InChI=1S/C25H21N4OS.BrH/c1-28-17-22(30-2)31-25(28)27-26-23-20-15-9-10-16-21(20)29(19-13-7-4-8-14-19)24(23)18-11-5-3-6-12-18;/h3-17H,1-2H3;1H/q+1;/p-1. The van der Waals surface area contributed by atoms with Gasteiger partial charge in [0.25, 0.3) is 0 Å². The van der Waals surface area contributed by atoms with E-state index in [0.717, 1.165) is 43.7 Å². The first kappa shape index (κ1) is 21.9. The van der Waals surface area contributed by atoms with Crippen LogP contribution in [-0.4, -0.2) is 11.7 Å². The molecule has 0 bridgehead atoms. The van der Waals surface area contributed by atoms with Crippen LogP contribution in [0.1, 0.15) is 0 Å². The second-order valence-corrected chi connectivity index (χ2v) is 8.07. The van der Waals surface area contributed by atoms with E-state index in [9.17, 15) is 0 Å². The minimum atomic E-state index is 0. The molecule has 160 valence electrons. The first-order valence-electron chi connectivity index (χ1n) is 9.96. The van der Waals surface area contributed by atoms with Gasteiger partial charge in [0.2, 0.25) is 5.06 Å². The molecule has 7 heteroatoms. The van der Waals surface area contributed by atoms with Gasteiger partial charge in [-0.2, -0.15) is 0 Å². The number of ether oxygens (including phenoxy) is 1. The van der Waals surface area contributed by atoms with Gasteiger partial charge >= 0.3 is 5.13 Å². The molecule has 0 spiro atoms. The topological polar surface area (TPSA) is 42.8 Å². The Kier molecular flexibility index (Phi) is 6.48. The summed E-state index contributed by atoms with van der Waals surface area (Å²) >= 11 is 1.46. The SMILES string of the molecule is COc1c[n+](C)c(/N=N/c2c(-c3ccccc3)n(-c3ccccc3)c3ccccc23)s1.[Br-]. The molecule has 0 radical (unpaired) electrons. The Bertz CT molecular complexity index is 1380. The highest BCUT2D eigenvalue weighted by atomic mass is 79.9. The number of aromatic nitrogens is 2. The molecule has 2 heterocycles. The summed E-state index contributed by atoms with van der Waals surface area (Å²) in [5.41, 5.74) is 5.13. The van der Waals surface area contributed by atoms with Gasteiger partial charge in [-0.25, -0.2) is 4.57 Å². The molecule has 0 fully saturated rings. The largest absolute Gasteiger partial charge is 1.00 e. The lowest BCUT2D eigenvalue weighted by atomic mass is 10.1. The smallest absolute Gasteiger partial charge is 0.411 e. The number of halogens is 1. The van der Waals surface area contributed by atoms with E-state index in [0.29, 0.717) is 0 Å². The van der Waals surface area contributed by atoms with Gasteiger partial charge < -0.3 is 26.3 Å². The lowest BCUT2D eigenvalue weighted by Gasteiger charge is -2.11. The highest BCUT2D eigenvalue weighted by Crippen LogP contribution is 2.43. The third-order valence-electron chi connectivity index (χ3n) is 5.14. The number of para-hydroxylation sites is 2. The predicted molar refractivity (Wildman–Crippen MR) is 125 cm³/mol. The van der Waals surface area contributed by atoms with Gasteiger partial charge in [-0.15, -0.1) is 0 Å². The quantitative estimate of drug-likeness (QED) is 0.266. The van der Waals surface area contributed by atoms with E-state index in [-0.39, 0.29) is 17.0 Å². The highest BCUT2D eigenvalue weighted by molar-refractivity contribution is 7.16. The number of nitrogens with zero attached hydrogens (tertiary/aromatic N) is 4. The minimum absolute atomic E-state index is 0. The summed E-state index contributed by atoms with van der Waals surface area (Å²) in [6.07, 6.45) is 1.91. The summed E-state index contributed by atoms with van der Waals surface area (Å²) in [4.78, 5) is 0. The van der Waals surface area contributed by atoms with E-state index in [1.165, 1.54) is 11.3 Å². The van der Waals surface area contributed by atoms with E-state index in [1.807, 2.05) is 48.1 Å². The van der Waals surface area contributed by atoms with Crippen molar-refractivity contribution in [3.63, 3.8) is 0 Å². The molecule has 0 atom stereocenters. The Hall–Kier alpha value is -3.29. The fourth-order valence-corrected chi connectivity index (χ4v) is 4.46. The van der Waals surface area contributed by atoms with Crippen LogP contribution in [0.25, 0.3) is 27.8 Å². The zero-order valence-corrected chi connectivity index (χ0v) is 20.0. The predicted octanol–water partition coefficient (Wildman–Crippen LogP) is 3.61. The van der Waals surface area contributed by atoms with Crippen molar-refractivity contribution >= 4 is 33.1 Å². The maximum atomic E-state index is 5.34. The lowest BCUT2D eigenvalue weighted by molar-refractivity contribution is -0.654. The maximum Gasteiger partial charge on any atom is 0.411 e. The van der Waals surface area contributed by atoms with Crippen LogP contribution in [0.2, 0.25) is 0 Å². The summed E-state index contributed by atoms with van der Waals surface area (Å²) in [6, 6.07) is 29.0. The van der Waals surface area contributed by atoms with Crippen LogP contribution in [0, 0.1) is 0 Å². The fraction of sp³-hybridized carbons (Fsp3) is 0.0800.